The SMILES string of the molecule is CNc1cccc(NCC(O)CO)c1[N+](=O)[O-]. The van der Waals surface area contributed by atoms with Crippen molar-refractivity contribution in [3.63, 3.8) is 0 Å². The van der Waals surface area contributed by atoms with Gasteiger partial charge in [0, 0.05) is 13.6 Å². The van der Waals surface area contributed by atoms with E-state index in [0.717, 1.165) is 0 Å². The number of nitrogens with zero attached hydrogens (tertiary/aromatic N) is 1. The number of hydrogen-bond donors (Lipinski definition) is 4. The maximum atomic E-state index is 10.9. The molecule has 0 aliphatic heterocycles. The zero-order chi connectivity index (χ0) is 12.8. The Labute approximate surface area is 98.2 Å². The van der Waals surface area contributed by atoms with Crippen LogP contribution in [0.1, 0.15) is 0 Å². The molecule has 0 aliphatic rings. The molecule has 0 aromatic heterocycles. The Morgan fingerprint density at radius 1 is 1.47 bits per heavy atom. The smallest absolute Gasteiger partial charge is 0.315 e. The van der Waals surface area contributed by atoms with Gasteiger partial charge in [-0.15, -0.1) is 0 Å². The van der Waals surface area contributed by atoms with Crippen LogP contribution < -0.4 is 10.6 Å². The van der Waals surface area contributed by atoms with Crippen LogP contribution in [0.3, 0.4) is 0 Å². The molecule has 0 amide bonds. The Morgan fingerprint density at radius 3 is 2.65 bits per heavy atom. The van der Waals surface area contributed by atoms with E-state index in [1.54, 1.807) is 25.2 Å². The molecular formula is C10H15N3O4. The molecule has 1 unspecified atom stereocenters. The third-order valence-electron chi connectivity index (χ3n) is 2.23. The molecule has 1 aromatic rings. The zero-order valence-corrected chi connectivity index (χ0v) is 9.38. The fraction of sp³-hybridized carbons (Fsp3) is 0.400. The lowest BCUT2D eigenvalue weighted by Crippen LogP contribution is -2.23. The highest BCUT2D eigenvalue weighted by atomic mass is 16.6. The van der Waals surface area contributed by atoms with Gasteiger partial charge in [0.15, 0.2) is 0 Å². The zero-order valence-electron chi connectivity index (χ0n) is 9.38. The van der Waals surface area contributed by atoms with E-state index in [-0.39, 0.29) is 12.2 Å². The third kappa shape index (κ3) is 3.30. The summed E-state index contributed by atoms with van der Waals surface area (Å²) in [5.74, 6) is 0. The molecule has 7 heteroatoms. The number of nitro benzene ring substituents is 1. The second-order valence-corrected chi connectivity index (χ2v) is 3.43. The van der Waals surface area contributed by atoms with Crippen LogP contribution in [-0.4, -0.2) is 41.4 Å². The number of aliphatic hydroxyl groups is 2. The van der Waals surface area contributed by atoms with Crippen LogP contribution >= 0.6 is 0 Å². The van der Waals surface area contributed by atoms with Gasteiger partial charge in [-0.1, -0.05) is 6.07 Å². The number of nitrogens with one attached hydrogen (secondary N) is 2. The van der Waals surface area contributed by atoms with Crippen molar-refractivity contribution in [3.8, 4) is 0 Å². The summed E-state index contributed by atoms with van der Waals surface area (Å²) in [5, 5.41) is 34.2. The van der Waals surface area contributed by atoms with Crippen molar-refractivity contribution >= 4 is 17.1 Å². The van der Waals surface area contributed by atoms with Gasteiger partial charge in [0.05, 0.1) is 17.6 Å². The summed E-state index contributed by atoms with van der Waals surface area (Å²) in [6.45, 7) is -0.350. The van der Waals surface area contributed by atoms with Gasteiger partial charge in [-0.3, -0.25) is 10.1 Å². The average Bonchev–Trinajstić information content (AvgIpc) is 2.34. The van der Waals surface area contributed by atoms with Gasteiger partial charge >= 0.3 is 5.69 Å². The van der Waals surface area contributed by atoms with Gasteiger partial charge in [-0.05, 0) is 12.1 Å². The average molecular weight is 241 g/mol. The van der Waals surface area contributed by atoms with E-state index in [4.69, 9.17) is 5.11 Å². The minimum absolute atomic E-state index is 0.0461. The molecule has 1 aromatic carbocycles. The van der Waals surface area contributed by atoms with Crippen LogP contribution in [0.2, 0.25) is 0 Å². The summed E-state index contributed by atoms with van der Waals surface area (Å²) in [6, 6.07) is 4.79. The Morgan fingerprint density at radius 2 is 2.12 bits per heavy atom. The summed E-state index contributed by atoms with van der Waals surface area (Å²) >= 11 is 0. The summed E-state index contributed by atoms with van der Waals surface area (Å²) in [6.07, 6.45) is -0.951. The first-order valence-corrected chi connectivity index (χ1v) is 5.08. The van der Waals surface area contributed by atoms with Gasteiger partial charge in [-0.25, -0.2) is 0 Å². The minimum atomic E-state index is -0.951. The Hall–Kier alpha value is -1.86. The largest absolute Gasteiger partial charge is 0.394 e. The fourth-order valence-electron chi connectivity index (χ4n) is 1.38. The first kappa shape index (κ1) is 13.2. The lowest BCUT2D eigenvalue weighted by Gasteiger charge is -2.12. The van der Waals surface area contributed by atoms with Crippen molar-refractivity contribution in [2.45, 2.75) is 6.10 Å². The fourth-order valence-corrected chi connectivity index (χ4v) is 1.38. The predicted molar refractivity (Wildman–Crippen MR) is 64.2 cm³/mol. The van der Waals surface area contributed by atoms with Crippen LogP contribution in [0.4, 0.5) is 17.1 Å². The lowest BCUT2D eigenvalue weighted by molar-refractivity contribution is -0.383. The molecule has 94 valence electrons. The molecule has 0 fully saturated rings. The van der Waals surface area contributed by atoms with E-state index < -0.39 is 17.6 Å². The standard InChI is InChI=1S/C10H15N3O4/c1-11-8-3-2-4-9(10(8)13(16)17)12-5-7(15)6-14/h2-4,7,11-12,14-15H,5-6H2,1H3. The molecule has 0 saturated heterocycles. The second-order valence-electron chi connectivity index (χ2n) is 3.43. The summed E-state index contributed by atoms with van der Waals surface area (Å²) in [5.41, 5.74) is 0.605. The molecule has 0 spiro atoms. The van der Waals surface area contributed by atoms with Gasteiger partial charge < -0.3 is 20.8 Å². The van der Waals surface area contributed by atoms with E-state index in [1.165, 1.54) is 0 Å². The molecular weight excluding hydrogens is 226 g/mol. The molecule has 4 N–H and O–H groups in total. The molecule has 17 heavy (non-hydrogen) atoms. The lowest BCUT2D eigenvalue weighted by atomic mass is 10.2. The molecule has 0 heterocycles. The summed E-state index contributed by atoms with van der Waals surface area (Å²) in [7, 11) is 1.59. The number of anilines is 2. The van der Waals surface area contributed by atoms with Crippen molar-refractivity contribution in [3.05, 3.63) is 28.3 Å². The number of benzene rings is 1. The number of para-hydroxylation sites is 1. The van der Waals surface area contributed by atoms with Crippen LogP contribution in [0, 0.1) is 10.1 Å². The van der Waals surface area contributed by atoms with E-state index in [1.807, 2.05) is 0 Å². The number of hydrogen-bond acceptors (Lipinski definition) is 6. The van der Waals surface area contributed by atoms with Crippen LogP contribution in [0.25, 0.3) is 0 Å². The highest BCUT2D eigenvalue weighted by Gasteiger charge is 2.18. The van der Waals surface area contributed by atoms with Crippen LogP contribution in [0.5, 0.6) is 0 Å². The molecule has 1 atom stereocenters. The maximum absolute atomic E-state index is 10.9. The van der Waals surface area contributed by atoms with E-state index in [9.17, 15) is 15.2 Å². The molecule has 7 nitrogen and oxygen atoms in total. The number of nitro groups is 1. The molecule has 0 bridgehead atoms. The van der Waals surface area contributed by atoms with E-state index >= 15 is 0 Å². The van der Waals surface area contributed by atoms with E-state index in [2.05, 4.69) is 10.6 Å². The van der Waals surface area contributed by atoms with Crippen molar-refractivity contribution < 1.29 is 15.1 Å². The second kappa shape index (κ2) is 6.02. The van der Waals surface area contributed by atoms with Crippen molar-refractivity contribution in [2.24, 2.45) is 0 Å². The van der Waals surface area contributed by atoms with Crippen LogP contribution in [0.15, 0.2) is 18.2 Å². The Bertz CT molecular complexity index is 397. The van der Waals surface area contributed by atoms with Crippen LogP contribution in [-0.2, 0) is 0 Å². The monoisotopic (exact) mass is 241 g/mol. The van der Waals surface area contributed by atoms with Crippen molar-refractivity contribution in [1.82, 2.24) is 0 Å². The predicted octanol–water partition coefficient (Wildman–Crippen LogP) is 0.402. The summed E-state index contributed by atoms with van der Waals surface area (Å²) in [4.78, 5) is 10.4. The first-order valence-electron chi connectivity index (χ1n) is 5.08. The van der Waals surface area contributed by atoms with Gasteiger partial charge in [0.2, 0.25) is 0 Å². The maximum Gasteiger partial charge on any atom is 0.315 e. The molecule has 1 rings (SSSR count). The Kier molecular flexibility index (Phi) is 4.68. The third-order valence-corrected chi connectivity index (χ3v) is 2.23. The highest BCUT2D eigenvalue weighted by molar-refractivity contribution is 5.76. The van der Waals surface area contributed by atoms with Gasteiger partial charge in [-0.2, -0.15) is 0 Å². The highest BCUT2D eigenvalue weighted by Crippen LogP contribution is 2.32. The van der Waals surface area contributed by atoms with E-state index in [0.29, 0.717) is 11.4 Å². The van der Waals surface area contributed by atoms with Gasteiger partial charge in [0.1, 0.15) is 11.4 Å². The Balaban J connectivity index is 2.94. The number of aliphatic hydroxyl groups excluding tert-OH is 2. The number of rotatable bonds is 6. The quantitative estimate of drug-likeness (QED) is 0.424. The molecule has 0 saturated carbocycles. The summed E-state index contributed by atoms with van der Waals surface area (Å²) < 4.78 is 0. The van der Waals surface area contributed by atoms with Gasteiger partial charge in [0.25, 0.3) is 0 Å². The van der Waals surface area contributed by atoms with Crippen molar-refractivity contribution in [2.75, 3.05) is 30.8 Å². The molecule has 0 aliphatic carbocycles. The first-order chi connectivity index (χ1) is 8.10. The normalized spacial score (nSPS) is 11.9. The molecule has 0 radical (unpaired) electrons. The minimum Gasteiger partial charge on any atom is -0.394 e. The topological polar surface area (TPSA) is 108 Å². The van der Waals surface area contributed by atoms with Crippen molar-refractivity contribution in [1.29, 1.82) is 0 Å².